The zero-order valence-electron chi connectivity index (χ0n) is 16.0. The lowest BCUT2D eigenvalue weighted by atomic mass is 9.90. The van der Waals surface area contributed by atoms with Gasteiger partial charge in [-0.25, -0.2) is 5.06 Å². The van der Waals surface area contributed by atoms with Crippen molar-refractivity contribution in [3.63, 3.8) is 0 Å². The Kier molecular flexibility index (Phi) is 4.77. The number of carbonyl (C=O) groups is 2. The molecular formula is C24H19ClN2O3. The van der Waals surface area contributed by atoms with Crippen LogP contribution in [-0.4, -0.2) is 22.8 Å². The van der Waals surface area contributed by atoms with Gasteiger partial charge in [0.05, 0.1) is 18.3 Å². The minimum atomic E-state index is -0.873. The van der Waals surface area contributed by atoms with Gasteiger partial charge >= 0.3 is 0 Å². The number of hydrogen-bond donors (Lipinski definition) is 0. The lowest BCUT2D eigenvalue weighted by Gasteiger charge is -2.29. The largest absolute Gasteiger partial charge is 0.275 e. The molecule has 2 aliphatic heterocycles. The van der Waals surface area contributed by atoms with Gasteiger partial charge in [0.2, 0.25) is 5.91 Å². The molecule has 2 saturated heterocycles. The van der Waals surface area contributed by atoms with Crippen molar-refractivity contribution in [1.82, 2.24) is 4.90 Å². The van der Waals surface area contributed by atoms with Crippen LogP contribution in [0, 0.1) is 5.92 Å². The number of rotatable bonds is 4. The van der Waals surface area contributed by atoms with E-state index >= 15 is 0 Å². The van der Waals surface area contributed by atoms with Gasteiger partial charge in [-0.15, -0.1) is 0 Å². The van der Waals surface area contributed by atoms with Crippen LogP contribution in [0.5, 0.6) is 0 Å². The molecule has 30 heavy (non-hydrogen) atoms. The minimum Gasteiger partial charge on any atom is -0.275 e. The van der Waals surface area contributed by atoms with Crippen molar-refractivity contribution in [3.8, 4) is 0 Å². The third-order valence-corrected chi connectivity index (χ3v) is 5.97. The normalized spacial score (nSPS) is 23.2. The molecule has 2 aliphatic rings. The van der Waals surface area contributed by atoms with Gasteiger partial charge in [-0.2, -0.15) is 0 Å². The number of hydrogen-bond acceptors (Lipinski definition) is 4. The highest BCUT2D eigenvalue weighted by molar-refractivity contribution is 6.31. The highest BCUT2D eigenvalue weighted by Crippen LogP contribution is 2.48. The van der Waals surface area contributed by atoms with Crippen molar-refractivity contribution in [2.24, 2.45) is 5.92 Å². The molecule has 3 aromatic rings. The lowest BCUT2D eigenvalue weighted by molar-refractivity contribution is -0.143. The summed E-state index contributed by atoms with van der Waals surface area (Å²) in [5.74, 6) is -1.22. The number of anilines is 1. The molecule has 2 amide bonds. The van der Waals surface area contributed by atoms with E-state index in [4.69, 9.17) is 16.4 Å². The zero-order valence-corrected chi connectivity index (χ0v) is 16.8. The highest BCUT2D eigenvalue weighted by atomic mass is 35.5. The minimum absolute atomic E-state index is 0.232. The van der Waals surface area contributed by atoms with Crippen LogP contribution in [-0.2, 0) is 21.0 Å². The van der Waals surface area contributed by atoms with Crippen LogP contribution in [0.15, 0.2) is 84.9 Å². The van der Waals surface area contributed by atoms with E-state index in [-0.39, 0.29) is 18.4 Å². The smallest absolute Gasteiger partial charge is 0.262 e. The number of imide groups is 1. The number of fused-ring (bicyclic) bond motifs is 1. The fourth-order valence-corrected chi connectivity index (χ4v) is 4.47. The molecule has 5 nitrogen and oxygen atoms in total. The van der Waals surface area contributed by atoms with E-state index in [1.165, 1.54) is 4.90 Å². The van der Waals surface area contributed by atoms with Gasteiger partial charge in [0.15, 0.2) is 6.10 Å². The summed E-state index contributed by atoms with van der Waals surface area (Å²) < 4.78 is 0. The van der Waals surface area contributed by atoms with Gasteiger partial charge in [-0.1, -0.05) is 78.3 Å². The number of hydroxylamine groups is 1. The van der Waals surface area contributed by atoms with Crippen LogP contribution >= 0.6 is 11.6 Å². The Hall–Kier alpha value is -3.15. The SMILES string of the molecule is O=C1[C@H]2[C@@H](ON(c3ccccc3)[C@H]2c2ccccc2Cl)C(=O)N1Cc1ccccc1. The van der Waals surface area contributed by atoms with Crippen molar-refractivity contribution < 1.29 is 14.4 Å². The molecule has 6 heteroatoms. The standard InChI is InChI=1S/C24H19ClN2O3/c25-19-14-8-7-13-18(19)21-20-22(30-27(21)17-11-5-2-6-12-17)24(29)26(23(20)28)15-16-9-3-1-4-10-16/h1-14,20-22H,15H2/t20-,21+,22-/m1/s1. The Morgan fingerprint density at radius 2 is 1.43 bits per heavy atom. The lowest BCUT2D eigenvalue weighted by Crippen LogP contribution is -2.37. The third-order valence-electron chi connectivity index (χ3n) is 5.62. The van der Waals surface area contributed by atoms with Crippen LogP contribution in [0.25, 0.3) is 0 Å². The highest BCUT2D eigenvalue weighted by Gasteiger charge is 2.60. The van der Waals surface area contributed by atoms with Crippen LogP contribution in [0.3, 0.4) is 0 Å². The molecule has 2 fully saturated rings. The Balaban J connectivity index is 1.54. The molecule has 3 aromatic carbocycles. The van der Waals surface area contributed by atoms with E-state index < -0.39 is 18.1 Å². The molecule has 0 aromatic heterocycles. The summed E-state index contributed by atoms with van der Waals surface area (Å²) in [5, 5.41) is 2.20. The summed E-state index contributed by atoms with van der Waals surface area (Å²) in [5.41, 5.74) is 2.43. The van der Waals surface area contributed by atoms with E-state index in [0.717, 1.165) is 16.8 Å². The Labute approximate surface area is 179 Å². The van der Waals surface area contributed by atoms with Gasteiger partial charge in [-0.05, 0) is 29.3 Å². The van der Waals surface area contributed by atoms with Crippen LogP contribution < -0.4 is 5.06 Å². The topological polar surface area (TPSA) is 49.9 Å². The first-order valence-corrected chi connectivity index (χ1v) is 10.2. The van der Waals surface area contributed by atoms with E-state index in [9.17, 15) is 9.59 Å². The molecule has 0 spiro atoms. The molecule has 0 unspecified atom stereocenters. The summed E-state index contributed by atoms with van der Waals surface area (Å²) in [6.45, 7) is 0.232. The Morgan fingerprint density at radius 3 is 2.13 bits per heavy atom. The summed E-state index contributed by atoms with van der Waals surface area (Å²) in [7, 11) is 0. The molecule has 2 heterocycles. The predicted octanol–water partition coefficient (Wildman–Crippen LogP) is 4.39. The van der Waals surface area contributed by atoms with Gasteiger partial charge in [0, 0.05) is 5.02 Å². The molecule has 3 atom stereocenters. The van der Waals surface area contributed by atoms with E-state index in [1.54, 1.807) is 11.1 Å². The van der Waals surface area contributed by atoms with Gasteiger partial charge < -0.3 is 0 Å². The molecule has 0 saturated carbocycles. The first-order valence-electron chi connectivity index (χ1n) is 9.80. The maximum absolute atomic E-state index is 13.4. The van der Waals surface area contributed by atoms with E-state index in [1.807, 2.05) is 78.9 Å². The predicted molar refractivity (Wildman–Crippen MR) is 113 cm³/mol. The number of likely N-dealkylation sites (tertiary alicyclic amines) is 1. The molecule has 0 radical (unpaired) electrons. The summed E-state index contributed by atoms with van der Waals surface area (Å²) in [4.78, 5) is 34.0. The van der Waals surface area contributed by atoms with Gasteiger partial charge in [-0.3, -0.25) is 19.3 Å². The molecule has 0 N–H and O–H groups in total. The summed E-state index contributed by atoms with van der Waals surface area (Å²) in [6.07, 6.45) is -0.873. The number of para-hydroxylation sites is 1. The summed E-state index contributed by atoms with van der Waals surface area (Å²) in [6, 6.07) is 25.8. The van der Waals surface area contributed by atoms with Crippen LogP contribution in [0.2, 0.25) is 5.02 Å². The van der Waals surface area contributed by atoms with Crippen molar-refractivity contribution in [3.05, 3.63) is 101 Å². The maximum atomic E-state index is 13.4. The van der Waals surface area contributed by atoms with Gasteiger partial charge in [0.25, 0.3) is 5.91 Å². The Bertz CT molecular complexity index is 1090. The molecular weight excluding hydrogens is 400 g/mol. The van der Waals surface area contributed by atoms with Crippen LogP contribution in [0.1, 0.15) is 17.2 Å². The first kappa shape index (κ1) is 18.9. The van der Waals surface area contributed by atoms with Crippen LogP contribution in [0.4, 0.5) is 5.69 Å². The third kappa shape index (κ3) is 3.07. The molecule has 5 rings (SSSR count). The number of benzene rings is 3. The monoisotopic (exact) mass is 418 g/mol. The van der Waals surface area contributed by atoms with E-state index in [0.29, 0.717) is 5.02 Å². The number of nitrogens with zero attached hydrogens (tertiary/aromatic N) is 2. The second-order valence-corrected chi connectivity index (χ2v) is 7.83. The number of carbonyl (C=O) groups excluding carboxylic acids is 2. The van der Waals surface area contributed by atoms with Crippen molar-refractivity contribution in [1.29, 1.82) is 0 Å². The fraction of sp³-hybridized carbons (Fsp3) is 0.167. The molecule has 0 aliphatic carbocycles. The fourth-order valence-electron chi connectivity index (χ4n) is 4.22. The van der Waals surface area contributed by atoms with Crippen molar-refractivity contribution in [2.45, 2.75) is 18.7 Å². The maximum Gasteiger partial charge on any atom is 0.262 e. The quantitative estimate of drug-likeness (QED) is 0.590. The van der Waals surface area contributed by atoms with Crippen molar-refractivity contribution >= 4 is 29.1 Å². The number of amides is 2. The zero-order chi connectivity index (χ0) is 20.7. The average molecular weight is 419 g/mol. The molecule has 0 bridgehead atoms. The molecule has 150 valence electrons. The van der Waals surface area contributed by atoms with Gasteiger partial charge in [0.1, 0.15) is 5.92 Å². The van der Waals surface area contributed by atoms with E-state index in [2.05, 4.69) is 0 Å². The Morgan fingerprint density at radius 1 is 0.800 bits per heavy atom. The second-order valence-electron chi connectivity index (χ2n) is 7.43. The average Bonchev–Trinajstić information content (AvgIpc) is 3.27. The second kappa shape index (κ2) is 7.59. The number of halogens is 1. The van der Waals surface area contributed by atoms with Crippen molar-refractivity contribution in [2.75, 3.05) is 5.06 Å². The summed E-state index contributed by atoms with van der Waals surface area (Å²) >= 11 is 6.51. The first-order chi connectivity index (χ1) is 14.6.